The predicted molar refractivity (Wildman–Crippen MR) is 86.9 cm³/mol. The predicted octanol–water partition coefficient (Wildman–Crippen LogP) is 2.49. The number of methoxy groups -OCH3 is 2. The summed E-state index contributed by atoms with van der Waals surface area (Å²) in [6, 6.07) is 5.24. The number of hydrogen-bond acceptors (Lipinski definition) is 5. The number of rotatable bonds is 5. The van der Waals surface area contributed by atoms with Crippen LogP contribution in [-0.4, -0.2) is 45.5 Å². The van der Waals surface area contributed by atoms with E-state index >= 15 is 0 Å². The van der Waals surface area contributed by atoms with Crippen molar-refractivity contribution in [3.05, 3.63) is 36.4 Å². The zero-order valence-corrected chi connectivity index (χ0v) is 13.6. The van der Waals surface area contributed by atoms with E-state index in [1.807, 2.05) is 6.92 Å². The summed E-state index contributed by atoms with van der Waals surface area (Å²) in [7, 11) is 4.97. The van der Waals surface area contributed by atoms with Crippen molar-refractivity contribution in [2.24, 2.45) is 0 Å². The third kappa shape index (κ3) is 3.04. The minimum Gasteiger partial charge on any atom is -0.497 e. The number of aldehydes is 1. The highest BCUT2D eigenvalue weighted by Crippen LogP contribution is 2.40. The van der Waals surface area contributed by atoms with Crippen LogP contribution in [0.15, 0.2) is 30.9 Å². The number of benzene rings is 1. The first-order valence-electron chi connectivity index (χ1n) is 7.05. The lowest BCUT2D eigenvalue weighted by Crippen LogP contribution is -2.49. The zero-order valence-electron chi connectivity index (χ0n) is 13.6. The molecule has 0 radical (unpaired) electrons. The van der Waals surface area contributed by atoms with Crippen LogP contribution < -0.4 is 9.64 Å². The van der Waals surface area contributed by atoms with Gasteiger partial charge in [-0.25, -0.2) is 0 Å². The van der Waals surface area contributed by atoms with E-state index in [4.69, 9.17) is 4.74 Å². The monoisotopic (exact) mass is 305 g/mol. The average molecular weight is 305 g/mol. The van der Waals surface area contributed by atoms with Crippen LogP contribution in [-0.2, 0) is 9.53 Å². The molecular weight excluding hydrogens is 282 g/mol. The van der Waals surface area contributed by atoms with Gasteiger partial charge in [0.1, 0.15) is 5.75 Å². The largest absolute Gasteiger partial charge is 0.497 e. The van der Waals surface area contributed by atoms with Gasteiger partial charge in [-0.2, -0.15) is 0 Å². The number of anilines is 1. The topological polar surface area (TPSA) is 55.8 Å². The minimum absolute atomic E-state index is 0.200. The SMILES string of the molecule is C=CCC1(C=O)C(=O)c2cc(OC)ccc2N1C.CCOC. The maximum atomic E-state index is 12.4. The molecule has 5 heteroatoms. The lowest BCUT2D eigenvalue weighted by molar-refractivity contribution is -0.110. The third-order valence-electron chi connectivity index (χ3n) is 3.74. The van der Waals surface area contributed by atoms with E-state index in [0.29, 0.717) is 24.0 Å². The first-order valence-corrected chi connectivity index (χ1v) is 7.05. The fourth-order valence-corrected chi connectivity index (χ4v) is 2.35. The van der Waals surface area contributed by atoms with Crippen molar-refractivity contribution in [2.75, 3.05) is 32.8 Å². The maximum absolute atomic E-state index is 12.4. The van der Waals surface area contributed by atoms with Crippen LogP contribution in [0, 0.1) is 0 Å². The van der Waals surface area contributed by atoms with Crippen molar-refractivity contribution in [2.45, 2.75) is 18.9 Å². The van der Waals surface area contributed by atoms with E-state index in [-0.39, 0.29) is 5.78 Å². The Morgan fingerprint density at radius 1 is 1.36 bits per heavy atom. The summed E-state index contributed by atoms with van der Waals surface area (Å²) in [6.07, 6.45) is 2.58. The second kappa shape index (κ2) is 7.75. The summed E-state index contributed by atoms with van der Waals surface area (Å²) >= 11 is 0. The van der Waals surface area contributed by atoms with Crippen molar-refractivity contribution in [3.63, 3.8) is 0 Å². The molecule has 0 fully saturated rings. The molecule has 0 saturated heterocycles. The van der Waals surface area contributed by atoms with Gasteiger partial charge in [-0.3, -0.25) is 4.79 Å². The van der Waals surface area contributed by atoms with E-state index in [9.17, 15) is 9.59 Å². The van der Waals surface area contributed by atoms with Crippen LogP contribution in [0.1, 0.15) is 23.7 Å². The van der Waals surface area contributed by atoms with Gasteiger partial charge in [0.05, 0.1) is 7.11 Å². The second-order valence-electron chi connectivity index (χ2n) is 4.88. The Hall–Kier alpha value is -2.14. The minimum atomic E-state index is -1.16. The van der Waals surface area contributed by atoms with E-state index in [1.165, 1.54) is 0 Å². The fraction of sp³-hybridized carbons (Fsp3) is 0.412. The van der Waals surface area contributed by atoms with Gasteiger partial charge in [0.15, 0.2) is 17.6 Å². The molecule has 22 heavy (non-hydrogen) atoms. The molecule has 1 aromatic carbocycles. The van der Waals surface area contributed by atoms with Crippen molar-refractivity contribution < 1.29 is 19.1 Å². The Morgan fingerprint density at radius 3 is 2.45 bits per heavy atom. The van der Waals surface area contributed by atoms with Crippen molar-refractivity contribution in [1.29, 1.82) is 0 Å². The number of carbonyl (C=O) groups is 2. The number of nitrogens with zero attached hydrogens (tertiary/aromatic N) is 1. The number of ketones is 1. The molecule has 1 heterocycles. The summed E-state index contributed by atoms with van der Waals surface area (Å²) < 4.78 is 9.65. The van der Waals surface area contributed by atoms with Gasteiger partial charge in [-0.05, 0) is 25.1 Å². The average Bonchev–Trinajstić information content (AvgIpc) is 2.77. The highest BCUT2D eigenvalue weighted by Gasteiger charge is 2.48. The zero-order chi connectivity index (χ0) is 16.8. The summed E-state index contributed by atoms with van der Waals surface area (Å²) in [5.74, 6) is 0.407. The molecule has 0 spiro atoms. The normalized spacial score (nSPS) is 19.1. The number of Topliss-reactive ketones (excluding diaryl/α,β-unsaturated/α-hetero) is 1. The molecule has 1 atom stereocenters. The first-order chi connectivity index (χ1) is 10.5. The number of carbonyl (C=O) groups excluding carboxylic acids is 2. The van der Waals surface area contributed by atoms with Gasteiger partial charge in [0, 0.05) is 38.4 Å². The Balaban J connectivity index is 0.000000541. The molecule has 0 saturated carbocycles. The standard InChI is InChI=1S/C14H15NO3.C3H8O/c1-4-7-14(9-16)13(17)11-8-10(18-3)5-6-12(11)15(14)2;1-3-4-2/h4-6,8-9H,1,7H2,2-3H3;3H2,1-2H3. The van der Waals surface area contributed by atoms with Gasteiger partial charge in [0.2, 0.25) is 0 Å². The lowest BCUT2D eigenvalue weighted by Gasteiger charge is -2.29. The molecule has 1 aliphatic rings. The highest BCUT2D eigenvalue weighted by atomic mass is 16.5. The molecule has 2 rings (SSSR count). The van der Waals surface area contributed by atoms with E-state index in [1.54, 1.807) is 50.4 Å². The van der Waals surface area contributed by atoms with E-state index < -0.39 is 5.54 Å². The van der Waals surface area contributed by atoms with Gasteiger partial charge >= 0.3 is 0 Å². The van der Waals surface area contributed by atoms with Gasteiger partial charge < -0.3 is 19.2 Å². The molecule has 5 nitrogen and oxygen atoms in total. The van der Waals surface area contributed by atoms with Crippen molar-refractivity contribution >= 4 is 17.8 Å². The molecule has 0 amide bonds. The fourth-order valence-electron chi connectivity index (χ4n) is 2.35. The molecule has 0 aromatic heterocycles. The Bertz CT molecular complexity index is 554. The third-order valence-corrected chi connectivity index (χ3v) is 3.74. The number of hydrogen-bond donors (Lipinski definition) is 0. The van der Waals surface area contributed by atoms with E-state index in [2.05, 4.69) is 11.3 Å². The number of ether oxygens (including phenoxy) is 2. The van der Waals surface area contributed by atoms with Crippen LogP contribution in [0.4, 0.5) is 5.69 Å². The smallest absolute Gasteiger partial charge is 0.198 e. The molecule has 0 bridgehead atoms. The van der Waals surface area contributed by atoms with Gasteiger partial charge in [0.25, 0.3) is 0 Å². The summed E-state index contributed by atoms with van der Waals surface area (Å²) in [5.41, 5.74) is 0.108. The van der Waals surface area contributed by atoms with Gasteiger partial charge in [-0.15, -0.1) is 6.58 Å². The maximum Gasteiger partial charge on any atom is 0.198 e. The second-order valence-corrected chi connectivity index (χ2v) is 4.88. The van der Waals surface area contributed by atoms with Crippen LogP contribution >= 0.6 is 0 Å². The van der Waals surface area contributed by atoms with Gasteiger partial charge in [-0.1, -0.05) is 6.08 Å². The van der Waals surface area contributed by atoms with Crippen LogP contribution in [0.25, 0.3) is 0 Å². The summed E-state index contributed by atoms with van der Waals surface area (Å²) in [6.45, 7) is 6.40. The quantitative estimate of drug-likeness (QED) is 0.475. The molecule has 1 unspecified atom stereocenters. The first kappa shape index (κ1) is 17.9. The summed E-state index contributed by atoms with van der Waals surface area (Å²) in [4.78, 5) is 25.6. The van der Waals surface area contributed by atoms with Crippen LogP contribution in [0.3, 0.4) is 0 Å². The number of fused-ring (bicyclic) bond motifs is 1. The van der Waals surface area contributed by atoms with Crippen molar-refractivity contribution in [3.8, 4) is 5.75 Å². The Labute approximate surface area is 131 Å². The lowest BCUT2D eigenvalue weighted by atomic mass is 9.91. The molecule has 120 valence electrons. The summed E-state index contributed by atoms with van der Waals surface area (Å²) in [5, 5.41) is 0. The Morgan fingerprint density at radius 2 is 2.00 bits per heavy atom. The van der Waals surface area contributed by atoms with Crippen molar-refractivity contribution in [1.82, 2.24) is 0 Å². The molecule has 0 aliphatic carbocycles. The molecule has 1 aromatic rings. The molecular formula is C17H23NO4. The van der Waals surface area contributed by atoms with Crippen LogP contribution in [0.2, 0.25) is 0 Å². The Kier molecular flexibility index (Phi) is 6.31. The molecule has 1 aliphatic heterocycles. The highest BCUT2D eigenvalue weighted by molar-refractivity contribution is 6.22. The van der Waals surface area contributed by atoms with E-state index in [0.717, 1.165) is 12.3 Å². The number of likely N-dealkylation sites (N-methyl/N-ethyl adjacent to an activating group) is 1. The van der Waals surface area contributed by atoms with Crippen LogP contribution in [0.5, 0.6) is 5.75 Å². The molecule has 0 N–H and O–H groups in total.